The van der Waals surface area contributed by atoms with E-state index in [1.54, 1.807) is 31.3 Å². The molecule has 4 rings (SSSR count). The molecule has 2 amide bonds. The molecule has 8 heteroatoms. The minimum atomic E-state index is -0.809. The van der Waals surface area contributed by atoms with Crippen LogP contribution in [-0.4, -0.2) is 28.9 Å². The van der Waals surface area contributed by atoms with Crippen molar-refractivity contribution in [1.29, 1.82) is 0 Å². The highest BCUT2D eigenvalue weighted by Gasteiger charge is 2.37. The molecule has 0 saturated heterocycles. The van der Waals surface area contributed by atoms with Gasteiger partial charge in [0, 0.05) is 16.1 Å². The second kappa shape index (κ2) is 8.11. The molecular formula is C23H22FN3O3S. The van der Waals surface area contributed by atoms with Gasteiger partial charge in [-0.1, -0.05) is 0 Å². The molecule has 2 heterocycles. The average molecular weight is 440 g/mol. The fourth-order valence-electron chi connectivity index (χ4n) is 3.60. The Morgan fingerprint density at radius 1 is 1.23 bits per heavy atom. The van der Waals surface area contributed by atoms with Gasteiger partial charge in [-0.15, -0.1) is 11.3 Å². The summed E-state index contributed by atoms with van der Waals surface area (Å²) in [7, 11) is 0. The second-order valence-corrected chi connectivity index (χ2v) is 8.87. The van der Waals surface area contributed by atoms with Crippen molar-refractivity contribution in [2.75, 3.05) is 10.2 Å². The lowest BCUT2D eigenvalue weighted by Crippen LogP contribution is -2.52. The molecule has 2 atom stereocenters. The molecular weight excluding hydrogens is 417 g/mol. The number of hydrogen-bond acceptors (Lipinski definition) is 5. The molecule has 0 saturated carbocycles. The van der Waals surface area contributed by atoms with Crippen LogP contribution in [-0.2, 0) is 9.59 Å². The Bertz CT molecular complexity index is 1160. The van der Waals surface area contributed by atoms with Gasteiger partial charge in [0.1, 0.15) is 17.6 Å². The molecule has 0 fully saturated rings. The van der Waals surface area contributed by atoms with Crippen molar-refractivity contribution in [3.63, 3.8) is 0 Å². The molecule has 1 aliphatic heterocycles. The predicted octanol–water partition coefficient (Wildman–Crippen LogP) is 4.71. The molecule has 1 aliphatic rings. The summed E-state index contributed by atoms with van der Waals surface area (Å²) in [5.74, 6) is -0.553. The van der Waals surface area contributed by atoms with Crippen LogP contribution in [0.4, 0.5) is 15.8 Å². The smallest absolute Gasteiger partial charge is 0.268 e. The Kier molecular flexibility index (Phi) is 5.49. The fraction of sp³-hybridized carbons (Fsp3) is 0.261. The van der Waals surface area contributed by atoms with E-state index in [1.165, 1.54) is 29.2 Å². The highest BCUT2D eigenvalue weighted by atomic mass is 32.1. The SMILES string of the molecule is Cc1nc(-c2ccc3c(c2)N(C(C)C(=O)Nc2ccc(F)cc2)C(=O)C(C)O3)c(C)s1. The van der Waals surface area contributed by atoms with Crippen LogP contribution in [0, 0.1) is 19.7 Å². The summed E-state index contributed by atoms with van der Waals surface area (Å²) in [6.07, 6.45) is -0.720. The minimum absolute atomic E-state index is 0.308. The maximum absolute atomic E-state index is 13.2. The van der Waals surface area contributed by atoms with E-state index in [4.69, 9.17) is 4.74 Å². The molecule has 0 radical (unpaired) electrons. The quantitative estimate of drug-likeness (QED) is 0.639. The summed E-state index contributed by atoms with van der Waals surface area (Å²) in [5, 5.41) is 3.69. The van der Waals surface area contributed by atoms with E-state index >= 15 is 0 Å². The third-order valence-electron chi connectivity index (χ3n) is 5.16. The van der Waals surface area contributed by atoms with Crippen LogP contribution in [0.15, 0.2) is 42.5 Å². The summed E-state index contributed by atoms with van der Waals surface area (Å²) in [5.41, 5.74) is 2.67. The molecule has 0 spiro atoms. The van der Waals surface area contributed by atoms with E-state index < -0.39 is 18.0 Å². The number of fused-ring (bicyclic) bond motifs is 1. The van der Waals surface area contributed by atoms with Crippen LogP contribution in [0.1, 0.15) is 23.7 Å². The first-order valence-corrected chi connectivity index (χ1v) is 10.7. The van der Waals surface area contributed by atoms with Crippen molar-refractivity contribution >= 4 is 34.5 Å². The van der Waals surface area contributed by atoms with Gasteiger partial charge in [-0.25, -0.2) is 9.37 Å². The Labute approximate surface area is 183 Å². The Hall–Kier alpha value is -3.26. The molecule has 160 valence electrons. The van der Waals surface area contributed by atoms with Gasteiger partial charge in [-0.2, -0.15) is 0 Å². The Balaban J connectivity index is 1.69. The number of nitrogens with one attached hydrogen (secondary N) is 1. The lowest BCUT2D eigenvalue weighted by Gasteiger charge is -2.36. The third-order valence-corrected chi connectivity index (χ3v) is 6.05. The first-order valence-electron chi connectivity index (χ1n) is 9.89. The molecule has 3 aromatic rings. The number of rotatable bonds is 4. The predicted molar refractivity (Wildman–Crippen MR) is 119 cm³/mol. The van der Waals surface area contributed by atoms with Gasteiger partial charge in [0.15, 0.2) is 6.10 Å². The van der Waals surface area contributed by atoms with Crippen LogP contribution in [0.5, 0.6) is 5.75 Å². The fourth-order valence-corrected chi connectivity index (χ4v) is 4.44. The van der Waals surface area contributed by atoms with Crippen LogP contribution in [0.25, 0.3) is 11.3 Å². The molecule has 6 nitrogen and oxygen atoms in total. The van der Waals surface area contributed by atoms with Crippen LogP contribution in [0.3, 0.4) is 0 Å². The number of nitrogens with zero attached hydrogens (tertiary/aromatic N) is 2. The molecule has 0 aliphatic carbocycles. The van der Waals surface area contributed by atoms with Crippen LogP contribution < -0.4 is 15.0 Å². The van der Waals surface area contributed by atoms with Crippen LogP contribution >= 0.6 is 11.3 Å². The lowest BCUT2D eigenvalue weighted by atomic mass is 10.1. The summed E-state index contributed by atoms with van der Waals surface area (Å²) < 4.78 is 18.9. The van der Waals surface area contributed by atoms with E-state index in [-0.39, 0.29) is 11.8 Å². The maximum atomic E-state index is 13.2. The van der Waals surface area contributed by atoms with E-state index in [0.29, 0.717) is 17.1 Å². The molecule has 2 aromatic carbocycles. The van der Waals surface area contributed by atoms with Gasteiger partial charge in [0.25, 0.3) is 5.91 Å². The molecule has 0 bridgehead atoms. The van der Waals surface area contributed by atoms with Crippen molar-refractivity contribution in [2.24, 2.45) is 0 Å². The lowest BCUT2D eigenvalue weighted by molar-refractivity contribution is -0.128. The highest BCUT2D eigenvalue weighted by Crippen LogP contribution is 2.39. The monoisotopic (exact) mass is 439 g/mol. The van der Waals surface area contributed by atoms with Crippen molar-refractivity contribution in [2.45, 2.75) is 39.8 Å². The number of anilines is 2. The number of thiazole rings is 1. The van der Waals surface area contributed by atoms with E-state index in [2.05, 4.69) is 10.3 Å². The van der Waals surface area contributed by atoms with E-state index in [9.17, 15) is 14.0 Å². The molecule has 1 aromatic heterocycles. The highest BCUT2D eigenvalue weighted by molar-refractivity contribution is 7.11. The number of aromatic nitrogens is 1. The maximum Gasteiger partial charge on any atom is 0.268 e. The standard InChI is InChI=1S/C23H22FN3O3S/c1-12(22(28)26-18-8-6-17(24)7-9-18)27-19-11-16(21-14(3)31-15(4)25-21)5-10-20(19)30-13(2)23(27)29/h5-13H,1-4H3,(H,26,28). The third kappa shape index (κ3) is 4.03. The first kappa shape index (κ1) is 21.0. The van der Waals surface area contributed by atoms with E-state index in [0.717, 1.165) is 21.1 Å². The number of halogens is 1. The van der Waals surface area contributed by atoms with Gasteiger partial charge < -0.3 is 10.1 Å². The van der Waals surface area contributed by atoms with Gasteiger partial charge in [-0.3, -0.25) is 14.5 Å². The topological polar surface area (TPSA) is 71.5 Å². The summed E-state index contributed by atoms with van der Waals surface area (Å²) in [6, 6.07) is 10.2. The number of aryl methyl sites for hydroxylation is 2. The van der Waals surface area contributed by atoms with Gasteiger partial charge >= 0.3 is 0 Å². The van der Waals surface area contributed by atoms with Crippen molar-refractivity contribution < 1.29 is 18.7 Å². The number of carbonyl (C=O) groups excluding carboxylic acids is 2. The van der Waals surface area contributed by atoms with Gasteiger partial charge in [-0.05, 0) is 70.2 Å². The zero-order valence-corrected chi connectivity index (χ0v) is 18.4. The number of hydrogen-bond donors (Lipinski definition) is 1. The van der Waals surface area contributed by atoms with Crippen LogP contribution in [0.2, 0.25) is 0 Å². The summed E-state index contributed by atoms with van der Waals surface area (Å²) >= 11 is 1.60. The number of benzene rings is 2. The minimum Gasteiger partial charge on any atom is -0.479 e. The molecule has 2 unspecified atom stereocenters. The number of carbonyl (C=O) groups is 2. The number of ether oxygens (including phenoxy) is 1. The second-order valence-electron chi connectivity index (χ2n) is 7.46. The average Bonchev–Trinajstić information content (AvgIpc) is 3.08. The Morgan fingerprint density at radius 2 is 1.94 bits per heavy atom. The molecule has 31 heavy (non-hydrogen) atoms. The molecule has 1 N–H and O–H groups in total. The largest absolute Gasteiger partial charge is 0.479 e. The van der Waals surface area contributed by atoms with Gasteiger partial charge in [0.05, 0.1) is 16.4 Å². The normalized spacial score (nSPS) is 16.5. The Morgan fingerprint density at radius 3 is 2.58 bits per heavy atom. The zero-order chi connectivity index (χ0) is 22.3. The van der Waals surface area contributed by atoms with Crippen molar-refractivity contribution in [1.82, 2.24) is 4.98 Å². The summed E-state index contributed by atoms with van der Waals surface area (Å²) in [6.45, 7) is 7.26. The van der Waals surface area contributed by atoms with Gasteiger partial charge in [0.2, 0.25) is 5.91 Å². The van der Waals surface area contributed by atoms with Crippen molar-refractivity contribution in [3.05, 3.63) is 58.2 Å². The zero-order valence-electron chi connectivity index (χ0n) is 17.6. The van der Waals surface area contributed by atoms with Crippen molar-refractivity contribution in [3.8, 4) is 17.0 Å². The number of amides is 2. The summed E-state index contributed by atoms with van der Waals surface area (Å²) in [4.78, 5) is 33.1. The van der Waals surface area contributed by atoms with E-state index in [1.807, 2.05) is 26.0 Å². The first-order chi connectivity index (χ1) is 14.7.